The molecule has 1 aliphatic rings. The zero-order chi connectivity index (χ0) is 15.9. The molecule has 0 aromatic rings. The minimum absolute atomic E-state index is 0. The van der Waals surface area contributed by atoms with Crippen LogP contribution in [0.5, 0.6) is 0 Å². The summed E-state index contributed by atoms with van der Waals surface area (Å²) in [6.07, 6.45) is 8.22. The van der Waals surface area contributed by atoms with E-state index in [9.17, 15) is 0 Å². The van der Waals surface area contributed by atoms with Gasteiger partial charge in [0, 0.05) is 27.2 Å². The number of hydrogen-bond acceptors (Lipinski definition) is 4. The average molecular weight is 443 g/mol. The molecule has 0 aromatic heterocycles. The smallest absolute Gasteiger partial charge is 0.191 e. The first-order valence-corrected chi connectivity index (χ1v) is 8.49. The van der Waals surface area contributed by atoms with Gasteiger partial charge in [-0.25, -0.2) is 0 Å². The molecule has 6 nitrogen and oxygen atoms in total. The molecule has 0 amide bonds. The Balaban J connectivity index is 0.00000484. The van der Waals surface area contributed by atoms with Gasteiger partial charge in [-0.15, -0.1) is 24.0 Å². The van der Waals surface area contributed by atoms with Crippen molar-refractivity contribution < 1.29 is 14.2 Å². The number of halogens is 1. The zero-order valence-electron chi connectivity index (χ0n) is 14.6. The maximum atomic E-state index is 5.94. The fourth-order valence-electron chi connectivity index (χ4n) is 2.51. The second-order valence-corrected chi connectivity index (χ2v) is 5.52. The van der Waals surface area contributed by atoms with E-state index in [-0.39, 0.29) is 24.0 Å². The van der Waals surface area contributed by atoms with Crippen molar-refractivity contribution in [2.24, 2.45) is 4.99 Å². The summed E-state index contributed by atoms with van der Waals surface area (Å²) < 4.78 is 16.3. The van der Waals surface area contributed by atoms with Crippen molar-refractivity contribution in [1.29, 1.82) is 0 Å². The lowest BCUT2D eigenvalue weighted by Crippen LogP contribution is -2.40. The van der Waals surface area contributed by atoms with Crippen LogP contribution in [0.2, 0.25) is 0 Å². The summed E-state index contributed by atoms with van der Waals surface area (Å²) in [5.41, 5.74) is 0. The molecule has 0 unspecified atom stereocenters. The van der Waals surface area contributed by atoms with E-state index in [1.807, 2.05) is 0 Å². The number of methoxy groups -OCH3 is 1. The normalized spacial score (nSPS) is 16.5. The lowest BCUT2D eigenvalue weighted by Gasteiger charge is -2.16. The highest BCUT2D eigenvalue weighted by atomic mass is 127. The molecule has 1 rings (SSSR count). The van der Waals surface area contributed by atoms with Crippen molar-refractivity contribution in [3.8, 4) is 0 Å². The van der Waals surface area contributed by atoms with Crippen LogP contribution >= 0.6 is 24.0 Å². The topological polar surface area (TPSA) is 64.1 Å². The van der Waals surface area contributed by atoms with E-state index in [1.165, 1.54) is 38.5 Å². The van der Waals surface area contributed by atoms with Crippen molar-refractivity contribution in [1.82, 2.24) is 10.6 Å². The van der Waals surface area contributed by atoms with Gasteiger partial charge in [0.2, 0.25) is 0 Å². The number of rotatable bonds is 10. The summed E-state index contributed by atoms with van der Waals surface area (Å²) in [4.78, 5) is 4.18. The fraction of sp³-hybridized carbons (Fsp3) is 0.938. The van der Waals surface area contributed by atoms with Gasteiger partial charge in [-0.1, -0.05) is 25.7 Å². The quantitative estimate of drug-likeness (QED) is 0.178. The molecule has 0 aliphatic heterocycles. The van der Waals surface area contributed by atoms with Crippen molar-refractivity contribution in [2.45, 2.75) is 44.6 Å². The predicted octanol–water partition coefficient (Wildman–Crippen LogP) is 2.17. The second-order valence-electron chi connectivity index (χ2n) is 5.52. The van der Waals surface area contributed by atoms with Gasteiger partial charge in [0.15, 0.2) is 5.96 Å². The highest BCUT2D eigenvalue weighted by Gasteiger charge is 2.11. The molecule has 0 heterocycles. The SMILES string of the molecule is CN=C(NCCOCCOC)NCCOC1CCCCCC1.I. The molecule has 2 N–H and O–H groups in total. The molecule has 0 aromatic carbocycles. The molecular weight excluding hydrogens is 409 g/mol. The standard InChI is InChI=1S/C16H33N3O3.HI/c1-17-16(18-9-11-21-14-13-20-2)19-10-12-22-15-7-5-3-4-6-8-15;/h15H,3-14H2,1-2H3,(H2,17,18,19);1H. The van der Waals surface area contributed by atoms with Crippen molar-refractivity contribution in [3.05, 3.63) is 0 Å². The third-order valence-electron chi connectivity index (χ3n) is 3.74. The van der Waals surface area contributed by atoms with Crippen molar-refractivity contribution >= 4 is 29.9 Å². The largest absolute Gasteiger partial charge is 0.382 e. The maximum absolute atomic E-state index is 5.94. The number of hydrogen-bond donors (Lipinski definition) is 2. The predicted molar refractivity (Wildman–Crippen MR) is 105 cm³/mol. The van der Waals surface area contributed by atoms with Gasteiger partial charge in [0.05, 0.1) is 32.5 Å². The highest BCUT2D eigenvalue weighted by Crippen LogP contribution is 2.19. The van der Waals surface area contributed by atoms with E-state index in [1.54, 1.807) is 14.2 Å². The van der Waals surface area contributed by atoms with Gasteiger partial charge in [0.25, 0.3) is 0 Å². The first kappa shape index (κ1) is 22.9. The van der Waals surface area contributed by atoms with E-state index in [0.29, 0.717) is 25.9 Å². The van der Waals surface area contributed by atoms with Crippen LogP contribution in [-0.4, -0.2) is 65.7 Å². The third kappa shape index (κ3) is 12.9. The summed E-state index contributed by atoms with van der Waals surface area (Å²) in [6, 6.07) is 0. The van der Waals surface area contributed by atoms with E-state index in [2.05, 4.69) is 15.6 Å². The number of nitrogens with one attached hydrogen (secondary N) is 2. The van der Waals surface area contributed by atoms with Crippen LogP contribution in [0, 0.1) is 0 Å². The Labute approximate surface area is 158 Å². The summed E-state index contributed by atoms with van der Waals surface area (Å²) in [6.45, 7) is 4.14. The molecule has 138 valence electrons. The number of guanidine groups is 1. The molecule has 1 fully saturated rings. The molecule has 0 spiro atoms. The molecule has 23 heavy (non-hydrogen) atoms. The van der Waals surface area contributed by atoms with E-state index in [0.717, 1.165) is 25.7 Å². The summed E-state index contributed by atoms with van der Waals surface area (Å²) in [5.74, 6) is 0.791. The van der Waals surface area contributed by atoms with Crippen LogP contribution in [0.3, 0.4) is 0 Å². The van der Waals surface area contributed by atoms with Crippen LogP contribution < -0.4 is 10.6 Å². The van der Waals surface area contributed by atoms with Gasteiger partial charge in [-0.3, -0.25) is 4.99 Å². The minimum Gasteiger partial charge on any atom is -0.382 e. The third-order valence-corrected chi connectivity index (χ3v) is 3.74. The van der Waals surface area contributed by atoms with Gasteiger partial charge < -0.3 is 24.8 Å². The Bertz CT molecular complexity index is 286. The molecule has 0 atom stereocenters. The molecule has 0 bridgehead atoms. The molecular formula is C16H34IN3O3. The lowest BCUT2D eigenvalue weighted by molar-refractivity contribution is 0.0467. The number of ether oxygens (including phenoxy) is 3. The summed E-state index contributed by atoms with van der Waals surface area (Å²) in [5, 5.41) is 6.47. The van der Waals surface area contributed by atoms with E-state index < -0.39 is 0 Å². The number of aliphatic imine (C=N–C) groups is 1. The Morgan fingerprint density at radius 1 is 0.957 bits per heavy atom. The van der Waals surface area contributed by atoms with Crippen LogP contribution in [0.25, 0.3) is 0 Å². The van der Waals surface area contributed by atoms with Crippen LogP contribution in [0.1, 0.15) is 38.5 Å². The maximum Gasteiger partial charge on any atom is 0.191 e. The zero-order valence-corrected chi connectivity index (χ0v) is 17.0. The summed E-state index contributed by atoms with van der Waals surface area (Å²) in [7, 11) is 3.44. The average Bonchev–Trinajstić information content (AvgIpc) is 2.81. The van der Waals surface area contributed by atoms with E-state index in [4.69, 9.17) is 14.2 Å². The van der Waals surface area contributed by atoms with Gasteiger partial charge in [-0.05, 0) is 12.8 Å². The first-order valence-electron chi connectivity index (χ1n) is 8.49. The number of nitrogens with zero attached hydrogens (tertiary/aromatic N) is 1. The molecule has 1 aliphatic carbocycles. The summed E-state index contributed by atoms with van der Waals surface area (Å²) >= 11 is 0. The lowest BCUT2D eigenvalue weighted by atomic mass is 10.1. The van der Waals surface area contributed by atoms with Gasteiger partial charge in [-0.2, -0.15) is 0 Å². The first-order chi connectivity index (χ1) is 10.9. The molecule has 0 saturated heterocycles. The monoisotopic (exact) mass is 443 g/mol. The molecule has 7 heteroatoms. The Morgan fingerprint density at radius 3 is 2.22 bits per heavy atom. The Morgan fingerprint density at radius 2 is 1.61 bits per heavy atom. The van der Waals surface area contributed by atoms with Crippen molar-refractivity contribution in [3.63, 3.8) is 0 Å². The Hall–Kier alpha value is -0.120. The van der Waals surface area contributed by atoms with Crippen molar-refractivity contribution in [2.75, 3.05) is 53.7 Å². The fourth-order valence-corrected chi connectivity index (χ4v) is 2.51. The van der Waals surface area contributed by atoms with Gasteiger partial charge >= 0.3 is 0 Å². The van der Waals surface area contributed by atoms with Crippen LogP contribution in [0.15, 0.2) is 4.99 Å². The van der Waals surface area contributed by atoms with E-state index >= 15 is 0 Å². The molecule has 1 saturated carbocycles. The Kier molecular flexibility index (Phi) is 16.6. The minimum atomic E-state index is 0. The van der Waals surface area contributed by atoms with Gasteiger partial charge in [0.1, 0.15) is 0 Å². The highest BCUT2D eigenvalue weighted by molar-refractivity contribution is 14.0. The second kappa shape index (κ2) is 16.7. The molecule has 0 radical (unpaired) electrons. The van der Waals surface area contributed by atoms with Crippen LogP contribution in [0.4, 0.5) is 0 Å². The van der Waals surface area contributed by atoms with Crippen LogP contribution in [-0.2, 0) is 14.2 Å².